The highest BCUT2D eigenvalue weighted by Gasteiger charge is 2.17. The third-order valence-corrected chi connectivity index (χ3v) is 3.21. The molecule has 0 aromatic carbocycles. The monoisotopic (exact) mass is 232 g/mol. The van der Waals surface area contributed by atoms with Gasteiger partial charge in [-0.2, -0.15) is 5.10 Å². The van der Waals surface area contributed by atoms with Crippen molar-refractivity contribution in [2.24, 2.45) is 5.92 Å². The Bertz CT molecular complexity index is 516. The Balaban J connectivity index is 1.84. The van der Waals surface area contributed by atoms with Crippen LogP contribution in [0.3, 0.4) is 0 Å². The summed E-state index contributed by atoms with van der Waals surface area (Å²) in [6, 6.07) is 0. The molecule has 2 aromatic heterocycles. The summed E-state index contributed by atoms with van der Waals surface area (Å²) in [7, 11) is 0. The van der Waals surface area contributed by atoms with Crippen LogP contribution in [0.25, 0.3) is 5.65 Å². The maximum atomic E-state index is 5.67. The van der Waals surface area contributed by atoms with Gasteiger partial charge in [0.25, 0.3) is 0 Å². The lowest BCUT2D eigenvalue weighted by molar-refractivity contribution is 0.0551. The first-order valence-corrected chi connectivity index (χ1v) is 5.98. The molecule has 0 radical (unpaired) electrons. The predicted octanol–water partition coefficient (Wildman–Crippen LogP) is 1.28. The van der Waals surface area contributed by atoms with Crippen LogP contribution in [-0.2, 0) is 11.2 Å². The molecular formula is C12H16N4O. The van der Waals surface area contributed by atoms with Crippen molar-refractivity contribution in [3.63, 3.8) is 0 Å². The number of anilines is 1. The normalized spacial score (nSPS) is 20.8. The van der Waals surface area contributed by atoms with Gasteiger partial charge >= 0.3 is 0 Å². The van der Waals surface area contributed by atoms with Gasteiger partial charge in [0, 0.05) is 18.8 Å². The molecule has 1 unspecified atom stereocenters. The van der Waals surface area contributed by atoms with E-state index in [1.165, 1.54) is 12.0 Å². The van der Waals surface area contributed by atoms with E-state index in [2.05, 4.69) is 10.1 Å². The third-order valence-electron chi connectivity index (χ3n) is 3.21. The maximum Gasteiger partial charge on any atom is 0.158 e. The van der Waals surface area contributed by atoms with Gasteiger partial charge in [-0.25, -0.2) is 9.50 Å². The highest BCUT2D eigenvalue weighted by atomic mass is 16.5. The molecule has 1 aliphatic heterocycles. The Labute approximate surface area is 99.6 Å². The molecule has 2 aromatic rings. The van der Waals surface area contributed by atoms with Crippen molar-refractivity contribution in [2.45, 2.75) is 19.3 Å². The maximum absolute atomic E-state index is 5.67. The van der Waals surface area contributed by atoms with Gasteiger partial charge in [-0.3, -0.25) is 0 Å². The summed E-state index contributed by atoms with van der Waals surface area (Å²) in [4.78, 5) is 4.34. The highest BCUT2D eigenvalue weighted by Crippen LogP contribution is 2.20. The molecule has 1 atom stereocenters. The summed E-state index contributed by atoms with van der Waals surface area (Å²) in [5, 5.41) is 4.28. The van der Waals surface area contributed by atoms with Gasteiger partial charge in [-0.1, -0.05) is 0 Å². The average molecular weight is 232 g/mol. The fourth-order valence-corrected chi connectivity index (χ4v) is 2.36. The van der Waals surface area contributed by atoms with Crippen LogP contribution in [0.1, 0.15) is 18.4 Å². The van der Waals surface area contributed by atoms with E-state index in [4.69, 9.17) is 10.5 Å². The molecule has 1 fully saturated rings. The van der Waals surface area contributed by atoms with Crippen LogP contribution in [0, 0.1) is 5.92 Å². The lowest BCUT2D eigenvalue weighted by atomic mass is 9.95. The number of ether oxygens (including phenoxy) is 1. The lowest BCUT2D eigenvalue weighted by Crippen LogP contribution is -2.19. The zero-order valence-electron chi connectivity index (χ0n) is 9.67. The summed E-state index contributed by atoms with van der Waals surface area (Å²) < 4.78 is 7.24. The average Bonchev–Trinajstić information content (AvgIpc) is 2.73. The number of nitrogens with two attached hydrogens (primary N) is 1. The number of nitrogen functional groups attached to an aromatic ring is 1. The van der Waals surface area contributed by atoms with Crippen LogP contribution in [-0.4, -0.2) is 27.8 Å². The molecule has 5 heteroatoms. The Morgan fingerprint density at radius 3 is 3.24 bits per heavy atom. The summed E-state index contributed by atoms with van der Waals surface area (Å²) in [5.41, 5.74) is 8.39. The standard InChI is InChI=1S/C12H16N4O/c13-11-6-14-12-10(5-15-16(12)7-11)4-9-2-1-3-17-8-9/h5-7,9H,1-4,8,13H2. The van der Waals surface area contributed by atoms with Gasteiger partial charge in [0.2, 0.25) is 0 Å². The van der Waals surface area contributed by atoms with Crippen molar-refractivity contribution < 1.29 is 4.74 Å². The largest absolute Gasteiger partial charge is 0.396 e. The van der Waals surface area contributed by atoms with Gasteiger partial charge in [0.1, 0.15) is 0 Å². The van der Waals surface area contributed by atoms with Crippen LogP contribution in [0.5, 0.6) is 0 Å². The van der Waals surface area contributed by atoms with Gasteiger partial charge in [-0.05, 0) is 25.2 Å². The zero-order valence-corrected chi connectivity index (χ0v) is 9.67. The minimum atomic E-state index is 0.594. The Kier molecular flexibility index (Phi) is 2.68. The van der Waals surface area contributed by atoms with Crippen LogP contribution in [0.2, 0.25) is 0 Å². The highest BCUT2D eigenvalue weighted by molar-refractivity contribution is 5.49. The van der Waals surface area contributed by atoms with Crippen molar-refractivity contribution in [3.8, 4) is 0 Å². The van der Waals surface area contributed by atoms with Crippen molar-refractivity contribution in [1.29, 1.82) is 0 Å². The molecule has 3 rings (SSSR count). The van der Waals surface area contributed by atoms with Crippen LogP contribution in [0.4, 0.5) is 5.69 Å². The third kappa shape index (κ3) is 2.10. The van der Waals surface area contributed by atoms with Crippen molar-refractivity contribution >= 4 is 11.3 Å². The molecule has 0 amide bonds. The molecule has 5 nitrogen and oxygen atoms in total. The fraction of sp³-hybridized carbons (Fsp3) is 0.500. The molecule has 0 spiro atoms. The second kappa shape index (κ2) is 4.33. The first kappa shape index (κ1) is 10.5. The smallest absolute Gasteiger partial charge is 0.158 e. The summed E-state index contributed by atoms with van der Waals surface area (Å²) in [5.74, 6) is 0.594. The fourth-order valence-electron chi connectivity index (χ4n) is 2.36. The number of rotatable bonds is 2. The van der Waals surface area contributed by atoms with Gasteiger partial charge in [-0.15, -0.1) is 0 Å². The first-order chi connectivity index (χ1) is 8.33. The first-order valence-electron chi connectivity index (χ1n) is 5.98. The Morgan fingerprint density at radius 2 is 2.41 bits per heavy atom. The molecule has 3 heterocycles. The van der Waals surface area contributed by atoms with E-state index in [0.29, 0.717) is 11.6 Å². The van der Waals surface area contributed by atoms with E-state index < -0.39 is 0 Å². The van der Waals surface area contributed by atoms with Crippen molar-refractivity contribution in [1.82, 2.24) is 14.6 Å². The van der Waals surface area contributed by atoms with Gasteiger partial charge in [0.15, 0.2) is 5.65 Å². The Hall–Kier alpha value is -1.62. The van der Waals surface area contributed by atoms with E-state index in [1.54, 1.807) is 16.9 Å². The molecule has 2 N–H and O–H groups in total. The second-order valence-corrected chi connectivity index (χ2v) is 4.61. The van der Waals surface area contributed by atoms with Crippen molar-refractivity contribution in [3.05, 3.63) is 24.2 Å². The molecule has 17 heavy (non-hydrogen) atoms. The van der Waals surface area contributed by atoms with E-state index in [-0.39, 0.29) is 0 Å². The Morgan fingerprint density at radius 1 is 1.47 bits per heavy atom. The van der Waals surface area contributed by atoms with E-state index in [0.717, 1.165) is 31.7 Å². The summed E-state index contributed by atoms with van der Waals surface area (Å²) >= 11 is 0. The van der Waals surface area contributed by atoms with Gasteiger partial charge < -0.3 is 10.5 Å². The number of hydrogen-bond donors (Lipinski definition) is 1. The topological polar surface area (TPSA) is 65.4 Å². The SMILES string of the molecule is Nc1cnc2c(CC3CCCOC3)cnn2c1. The molecule has 1 aliphatic rings. The van der Waals surface area contributed by atoms with E-state index in [9.17, 15) is 0 Å². The molecular weight excluding hydrogens is 216 g/mol. The van der Waals surface area contributed by atoms with Crippen LogP contribution >= 0.6 is 0 Å². The lowest BCUT2D eigenvalue weighted by Gasteiger charge is -2.21. The van der Waals surface area contributed by atoms with E-state index in [1.807, 2.05) is 6.20 Å². The quantitative estimate of drug-likeness (QED) is 0.847. The predicted molar refractivity (Wildman–Crippen MR) is 64.6 cm³/mol. The second-order valence-electron chi connectivity index (χ2n) is 4.61. The summed E-state index contributed by atoms with van der Waals surface area (Å²) in [6.07, 6.45) is 8.73. The van der Waals surface area contributed by atoms with Crippen molar-refractivity contribution in [2.75, 3.05) is 18.9 Å². The minimum absolute atomic E-state index is 0.594. The molecule has 1 saturated heterocycles. The zero-order chi connectivity index (χ0) is 11.7. The molecule has 0 aliphatic carbocycles. The minimum Gasteiger partial charge on any atom is -0.396 e. The van der Waals surface area contributed by atoms with Crippen LogP contribution < -0.4 is 5.73 Å². The number of aromatic nitrogens is 3. The number of fused-ring (bicyclic) bond motifs is 1. The van der Waals surface area contributed by atoms with Crippen LogP contribution in [0.15, 0.2) is 18.6 Å². The van der Waals surface area contributed by atoms with E-state index >= 15 is 0 Å². The van der Waals surface area contributed by atoms with Gasteiger partial charge in [0.05, 0.1) is 24.3 Å². The number of hydrogen-bond acceptors (Lipinski definition) is 4. The molecule has 0 saturated carbocycles. The number of nitrogens with zero attached hydrogens (tertiary/aromatic N) is 3. The summed E-state index contributed by atoms with van der Waals surface area (Å²) in [6.45, 7) is 1.76. The molecule has 90 valence electrons. The molecule has 0 bridgehead atoms.